The average molecular weight is 305 g/mol. The van der Waals surface area contributed by atoms with Crippen LogP contribution in [0.3, 0.4) is 0 Å². The van der Waals surface area contributed by atoms with E-state index in [1.807, 2.05) is 11.3 Å². The minimum atomic E-state index is 0.625. The molecule has 0 amide bonds. The summed E-state index contributed by atoms with van der Waals surface area (Å²) >= 11 is 1.95. The summed E-state index contributed by atoms with van der Waals surface area (Å²) in [4.78, 5) is 3.97. The Labute approximate surface area is 133 Å². The number of nitrogens with zero attached hydrogens (tertiary/aromatic N) is 1. The summed E-state index contributed by atoms with van der Waals surface area (Å²) in [6, 6.07) is 9.44. The van der Waals surface area contributed by atoms with Crippen LogP contribution in [0.25, 0.3) is 10.1 Å². The van der Waals surface area contributed by atoms with Gasteiger partial charge in [0.15, 0.2) is 0 Å². The Balaban J connectivity index is 2.26. The summed E-state index contributed by atoms with van der Waals surface area (Å²) in [5.41, 5.74) is 1.52. The molecule has 116 valence electrons. The van der Waals surface area contributed by atoms with Gasteiger partial charge in [0.25, 0.3) is 0 Å². The Morgan fingerprint density at radius 1 is 1.24 bits per heavy atom. The van der Waals surface area contributed by atoms with Crippen LogP contribution in [0.4, 0.5) is 0 Å². The van der Waals surface area contributed by atoms with Crippen LogP contribution in [0.2, 0.25) is 0 Å². The van der Waals surface area contributed by atoms with E-state index in [0.29, 0.717) is 6.04 Å². The van der Waals surface area contributed by atoms with Crippen LogP contribution in [0.1, 0.15) is 44.1 Å². The highest BCUT2D eigenvalue weighted by Crippen LogP contribution is 2.32. The predicted octanol–water partition coefficient (Wildman–Crippen LogP) is 4.63. The van der Waals surface area contributed by atoms with E-state index in [0.717, 1.165) is 19.6 Å². The minimum absolute atomic E-state index is 0.625. The first-order valence-electron chi connectivity index (χ1n) is 8.07. The molecule has 1 aromatic heterocycles. The van der Waals surface area contributed by atoms with Crippen LogP contribution < -0.4 is 5.32 Å². The summed E-state index contributed by atoms with van der Waals surface area (Å²) in [6.07, 6.45) is 2.38. The molecule has 1 atom stereocenters. The Morgan fingerprint density at radius 3 is 2.71 bits per heavy atom. The van der Waals surface area contributed by atoms with Gasteiger partial charge in [0, 0.05) is 28.7 Å². The fourth-order valence-electron chi connectivity index (χ4n) is 2.56. The van der Waals surface area contributed by atoms with E-state index >= 15 is 0 Å². The van der Waals surface area contributed by atoms with Crippen LogP contribution in [0.5, 0.6) is 0 Å². The van der Waals surface area contributed by atoms with E-state index in [4.69, 9.17) is 0 Å². The van der Waals surface area contributed by atoms with Gasteiger partial charge >= 0.3 is 0 Å². The topological polar surface area (TPSA) is 15.3 Å². The molecule has 0 aliphatic heterocycles. The zero-order valence-electron chi connectivity index (χ0n) is 13.8. The normalized spacial score (nSPS) is 13.2. The number of rotatable bonds is 8. The maximum Gasteiger partial charge on any atom is 0.0349 e. The molecule has 0 aliphatic carbocycles. The van der Waals surface area contributed by atoms with Crippen LogP contribution in [0.15, 0.2) is 24.3 Å². The number of benzene rings is 1. The monoisotopic (exact) mass is 304 g/mol. The van der Waals surface area contributed by atoms with Crippen LogP contribution >= 0.6 is 11.3 Å². The van der Waals surface area contributed by atoms with Gasteiger partial charge in [-0.25, -0.2) is 0 Å². The van der Waals surface area contributed by atoms with Crippen LogP contribution in [-0.2, 0) is 13.1 Å². The van der Waals surface area contributed by atoms with E-state index in [2.05, 4.69) is 62.3 Å². The van der Waals surface area contributed by atoms with E-state index in [9.17, 15) is 0 Å². The van der Waals surface area contributed by atoms with Crippen LogP contribution in [0, 0.1) is 0 Å². The molecule has 2 rings (SSSR count). The van der Waals surface area contributed by atoms with Gasteiger partial charge in [0.05, 0.1) is 0 Å². The molecule has 3 heteroatoms. The van der Waals surface area contributed by atoms with Crippen LogP contribution in [-0.4, -0.2) is 24.5 Å². The van der Waals surface area contributed by atoms with Gasteiger partial charge in [0.2, 0.25) is 0 Å². The third kappa shape index (κ3) is 4.06. The van der Waals surface area contributed by atoms with Gasteiger partial charge in [-0.2, -0.15) is 0 Å². The van der Waals surface area contributed by atoms with Crippen molar-refractivity contribution in [2.75, 3.05) is 13.6 Å². The number of nitrogens with one attached hydrogen (secondary N) is 1. The third-order valence-electron chi connectivity index (χ3n) is 4.25. The van der Waals surface area contributed by atoms with Gasteiger partial charge in [-0.1, -0.05) is 32.0 Å². The van der Waals surface area contributed by atoms with Crippen molar-refractivity contribution in [3.63, 3.8) is 0 Å². The summed E-state index contributed by atoms with van der Waals surface area (Å²) in [5, 5.41) is 5.00. The lowest BCUT2D eigenvalue weighted by Gasteiger charge is -2.24. The molecule has 1 heterocycles. The summed E-state index contributed by atoms with van der Waals surface area (Å²) in [7, 11) is 2.24. The average Bonchev–Trinajstić information content (AvgIpc) is 2.84. The zero-order chi connectivity index (χ0) is 15.2. The standard InChI is InChI=1S/C18H28N2S/c1-5-11-19-12-18-16(13-20(4)14(3)6-2)15-9-7-8-10-17(15)21-18/h7-10,14,19H,5-6,11-13H2,1-4H3. The molecule has 2 aromatic rings. The van der Waals surface area contributed by atoms with E-state index in [-0.39, 0.29) is 0 Å². The fourth-order valence-corrected chi connectivity index (χ4v) is 3.75. The third-order valence-corrected chi connectivity index (χ3v) is 5.46. The number of fused-ring (bicyclic) bond motifs is 1. The molecule has 1 aromatic carbocycles. The van der Waals surface area contributed by atoms with Gasteiger partial charge < -0.3 is 5.32 Å². The van der Waals surface area contributed by atoms with Crippen molar-refractivity contribution in [3.8, 4) is 0 Å². The van der Waals surface area contributed by atoms with Gasteiger partial charge in [-0.15, -0.1) is 11.3 Å². The molecule has 1 unspecified atom stereocenters. The highest BCUT2D eigenvalue weighted by atomic mass is 32.1. The van der Waals surface area contributed by atoms with Crippen molar-refractivity contribution < 1.29 is 0 Å². The van der Waals surface area contributed by atoms with Crippen molar-refractivity contribution in [3.05, 3.63) is 34.7 Å². The van der Waals surface area contributed by atoms with Gasteiger partial charge in [-0.3, -0.25) is 4.90 Å². The number of hydrogen-bond acceptors (Lipinski definition) is 3. The first-order chi connectivity index (χ1) is 10.2. The number of thiophene rings is 1. The molecule has 1 N–H and O–H groups in total. The SMILES string of the molecule is CCCNCc1sc2ccccc2c1CN(C)C(C)CC. The molecule has 0 radical (unpaired) electrons. The van der Waals surface area contributed by atoms with Crippen molar-refractivity contribution in [1.82, 2.24) is 10.2 Å². The molecule has 0 fully saturated rings. The van der Waals surface area contributed by atoms with E-state index in [1.54, 1.807) is 0 Å². The lowest BCUT2D eigenvalue weighted by molar-refractivity contribution is 0.244. The zero-order valence-corrected chi connectivity index (χ0v) is 14.6. The largest absolute Gasteiger partial charge is 0.312 e. The minimum Gasteiger partial charge on any atom is -0.312 e. The van der Waals surface area contributed by atoms with Gasteiger partial charge in [0.1, 0.15) is 0 Å². The highest BCUT2D eigenvalue weighted by Gasteiger charge is 2.15. The first-order valence-corrected chi connectivity index (χ1v) is 8.89. The molecule has 0 saturated carbocycles. The molecular weight excluding hydrogens is 276 g/mol. The lowest BCUT2D eigenvalue weighted by atomic mass is 10.1. The second-order valence-corrected chi connectivity index (χ2v) is 6.99. The predicted molar refractivity (Wildman–Crippen MR) is 95.0 cm³/mol. The first kappa shape index (κ1) is 16.5. The molecule has 0 spiro atoms. The molecule has 0 bridgehead atoms. The Morgan fingerprint density at radius 2 is 2.00 bits per heavy atom. The molecule has 21 heavy (non-hydrogen) atoms. The highest BCUT2D eigenvalue weighted by molar-refractivity contribution is 7.19. The summed E-state index contributed by atoms with van der Waals surface area (Å²) < 4.78 is 1.42. The fraction of sp³-hybridized carbons (Fsp3) is 0.556. The van der Waals surface area contributed by atoms with Crippen molar-refractivity contribution in [2.24, 2.45) is 0 Å². The Hall–Kier alpha value is -0.900. The molecule has 0 saturated heterocycles. The maximum atomic E-state index is 3.56. The Kier molecular flexibility index (Phi) is 6.22. The second kappa shape index (κ2) is 7.92. The molecular formula is C18H28N2S. The second-order valence-electron chi connectivity index (χ2n) is 5.85. The summed E-state index contributed by atoms with van der Waals surface area (Å²) in [6.45, 7) is 9.92. The lowest BCUT2D eigenvalue weighted by Crippen LogP contribution is -2.28. The van der Waals surface area contributed by atoms with Gasteiger partial charge in [-0.05, 0) is 50.4 Å². The quantitative estimate of drug-likeness (QED) is 0.715. The Bertz CT molecular complexity index is 561. The van der Waals surface area contributed by atoms with Crippen molar-refractivity contribution in [2.45, 2.75) is 52.7 Å². The van der Waals surface area contributed by atoms with E-state index < -0.39 is 0 Å². The summed E-state index contributed by atoms with van der Waals surface area (Å²) in [5.74, 6) is 0. The van der Waals surface area contributed by atoms with Crippen molar-refractivity contribution >= 4 is 21.4 Å². The van der Waals surface area contributed by atoms with Crippen molar-refractivity contribution in [1.29, 1.82) is 0 Å². The smallest absolute Gasteiger partial charge is 0.0349 e. The molecule has 0 aliphatic rings. The number of hydrogen-bond donors (Lipinski definition) is 1. The maximum absolute atomic E-state index is 3.56. The van der Waals surface area contributed by atoms with E-state index in [1.165, 1.54) is 33.4 Å². The molecule has 2 nitrogen and oxygen atoms in total.